The quantitative estimate of drug-likeness (QED) is 0.628. The van der Waals surface area contributed by atoms with Crippen molar-refractivity contribution >= 4 is 0 Å². The number of hydrogen-bond acceptors (Lipinski definition) is 3. The molecule has 0 spiro atoms. The summed E-state index contributed by atoms with van der Waals surface area (Å²) in [5.41, 5.74) is 0.506. The lowest BCUT2D eigenvalue weighted by atomic mass is 9.78. The first-order valence-corrected chi connectivity index (χ1v) is 5.76. The summed E-state index contributed by atoms with van der Waals surface area (Å²) < 4.78 is 5.41. The zero-order valence-corrected chi connectivity index (χ0v) is 9.57. The Hall–Kier alpha value is -0.120. The number of rotatable bonds is 6. The van der Waals surface area contributed by atoms with Crippen LogP contribution in [0.25, 0.3) is 0 Å². The Kier molecular flexibility index (Phi) is 5.45. The zero-order valence-electron chi connectivity index (χ0n) is 9.57. The van der Waals surface area contributed by atoms with Gasteiger partial charge < -0.3 is 15.4 Å². The summed E-state index contributed by atoms with van der Waals surface area (Å²) in [4.78, 5) is 0. The van der Waals surface area contributed by atoms with Crippen molar-refractivity contribution in [1.82, 2.24) is 10.6 Å². The molecule has 3 heteroatoms. The van der Waals surface area contributed by atoms with Crippen molar-refractivity contribution in [3.05, 3.63) is 0 Å². The standard InChI is InChI=1S/C11H24N2O/c1-3-11(4-8-14-9-5-11)10-13-7-6-12-2/h12-13H,3-10H2,1-2H3. The molecule has 14 heavy (non-hydrogen) atoms. The summed E-state index contributed by atoms with van der Waals surface area (Å²) in [5.74, 6) is 0. The Morgan fingerprint density at radius 3 is 2.50 bits per heavy atom. The van der Waals surface area contributed by atoms with Gasteiger partial charge in [0.25, 0.3) is 0 Å². The minimum Gasteiger partial charge on any atom is -0.381 e. The van der Waals surface area contributed by atoms with Gasteiger partial charge in [-0.15, -0.1) is 0 Å². The van der Waals surface area contributed by atoms with Gasteiger partial charge in [-0.05, 0) is 31.7 Å². The first kappa shape index (κ1) is 12.0. The predicted molar refractivity (Wildman–Crippen MR) is 59.6 cm³/mol. The summed E-state index contributed by atoms with van der Waals surface area (Å²) in [7, 11) is 1.99. The van der Waals surface area contributed by atoms with Crippen LogP contribution in [0, 0.1) is 5.41 Å². The highest BCUT2D eigenvalue weighted by Gasteiger charge is 2.29. The molecule has 2 N–H and O–H groups in total. The van der Waals surface area contributed by atoms with E-state index >= 15 is 0 Å². The molecular weight excluding hydrogens is 176 g/mol. The van der Waals surface area contributed by atoms with Gasteiger partial charge in [-0.25, -0.2) is 0 Å². The van der Waals surface area contributed by atoms with E-state index in [0.717, 1.165) is 32.8 Å². The smallest absolute Gasteiger partial charge is 0.0471 e. The van der Waals surface area contributed by atoms with E-state index in [2.05, 4.69) is 17.6 Å². The Morgan fingerprint density at radius 1 is 1.21 bits per heavy atom. The second kappa shape index (κ2) is 6.38. The van der Waals surface area contributed by atoms with Crippen molar-refractivity contribution in [2.75, 3.05) is 39.9 Å². The molecule has 0 radical (unpaired) electrons. The van der Waals surface area contributed by atoms with E-state index < -0.39 is 0 Å². The molecule has 84 valence electrons. The van der Waals surface area contributed by atoms with Gasteiger partial charge in [0.05, 0.1) is 0 Å². The van der Waals surface area contributed by atoms with E-state index in [-0.39, 0.29) is 0 Å². The molecule has 0 bridgehead atoms. The van der Waals surface area contributed by atoms with Crippen LogP contribution in [0.4, 0.5) is 0 Å². The fraction of sp³-hybridized carbons (Fsp3) is 1.00. The Labute approximate surface area is 87.6 Å². The maximum atomic E-state index is 5.41. The molecule has 1 aliphatic heterocycles. The minimum absolute atomic E-state index is 0.506. The first-order valence-electron chi connectivity index (χ1n) is 5.76. The predicted octanol–water partition coefficient (Wildman–Crippen LogP) is 1.00. The van der Waals surface area contributed by atoms with Crippen molar-refractivity contribution in [2.24, 2.45) is 5.41 Å². The largest absolute Gasteiger partial charge is 0.381 e. The highest BCUT2D eigenvalue weighted by molar-refractivity contribution is 4.82. The molecule has 1 heterocycles. The lowest BCUT2D eigenvalue weighted by Gasteiger charge is -2.36. The van der Waals surface area contributed by atoms with Gasteiger partial charge in [-0.2, -0.15) is 0 Å². The highest BCUT2D eigenvalue weighted by Crippen LogP contribution is 2.32. The molecule has 0 aromatic rings. The molecule has 0 unspecified atom stereocenters. The summed E-state index contributed by atoms with van der Waals surface area (Å²) in [6, 6.07) is 0. The lowest BCUT2D eigenvalue weighted by molar-refractivity contribution is 0.0130. The summed E-state index contributed by atoms with van der Waals surface area (Å²) in [6.07, 6.45) is 3.70. The molecule has 1 fully saturated rings. The average Bonchev–Trinajstić information content (AvgIpc) is 2.26. The normalized spacial score (nSPS) is 21.0. The van der Waals surface area contributed by atoms with E-state index in [0.29, 0.717) is 5.41 Å². The molecular formula is C11H24N2O. The van der Waals surface area contributed by atoms with Crippen LogP contribution in [0.2, 0.25) is 0 Å². The SMILES string of the molecule is CCC1(CNCCNC)CCOCC1. The van der Waals surface area contributed by atoms with Crippen LogP contribution in [0.15, 0.2) is 0 Å². The zero-order chi connectivity index (χ0) is 10.3. The maximum absolute atomic E-state index is 5.41. The monoisotopic (exact) mass is 200 g/mol. The van der Waals surface area contributed by atoms with E-state index in [1.807, 2.05) is 7.05 Å². The molecule has 0 aromatic carbocycles. The molecule has 3 nitrogen and oxygen atoms in total. The number of nitrogens with one attached hydrogen (secondary N) is 2. The van der Waals surface area contributed by atoms with Crippen LogP contribution >= 0.6 is 0 Å². The van der Waals surface area contributed by atoms with Gasteiger partial charge in [0.15, 0.2) is 0 Å². The van der Waals surface area contributed by atoms with Crippen LogP contribution in [0.1, 0.15) is 26.2 Å². The minimum atomic E-state index is 0.506. The molecule has 1 saturated heterocycles. The molecule has 1 aliphatic rings. The third-order valence-corrected chi connectivity index (χ3v) is 3.36. The van der Waals surface area contributed by atoms with Gasteiger partial charge in [-0.1, -0.05) is 6.92 Å². The molecule has 0 atom stereocenters. The second-order valence-electron chi connectivity index (χ2n) is 4.25. The third kappa shape index (κ3) is 3.56. The average molecular weight is 200 g/mol. The van der Waals surface area contributed by atoms with Gasteiger partial charge in [-0.3, -0.25) is 0 Å². The van der Waals surface area contributed by atoms with Gasteiger partial charge >= 0.3 is 0 Å². The Balaban J connectivity index is 2.22. The number of hydrogen-bond donors (Lipinski definition) is 2. The Bertz CT molecular complexity index is 144. The Morgan fingerprint density at radius 2 is 1.93 bits per heavy atom. The van der Waals surface area contributed by atoms with E-state index in [1.165, 1.54) is 19.3 Å². The topological polar surface area (TPSA) is 33.3 Å². The lowest BCUT2D eigenvalue weighted by Crippen LogP contribution is -2.40. The third-order valence-electron chi connectivity index (χ3n) is 3.36. The fourth-order valence-electron chi connectivity index (χ4n) is 2.03. The molecule has 0 aromatic heterocycles. The van der Waals surface area contributed by atoms with E-state index in [9.17, 15) is 0 Å². The summed E-state index contributed by atoms with van der Waals surface area (Å²) in [5, 5.41) is 6.68. The van der Waals surface area contributed by atoms with Gasteiger partial charge in [0.2, 0.25) is 0 Å². The maximum Gasteiger partial charge on any atom is 0.0471 e. The van der Waals surface area contributed by atoms with Gasteiger partial charge in [0, 0.05) is 32.8 Å². The van der Waals surface area contributed by atoms with E-state index in [1.54, 1.807) is 0 Å². The van der Waals surface area contributed by atoms with Crippen molar-refractivity contribution in [3.63, 3.8) is 0 Å². The molecule has 1 rings (SSSR count). The van der Waals surface area contributed by atoms with Gasteiger partial charge in [0.1, 0.15) is 0 Å². The van der Waals surface area contributed by atoms with Crippen molar-refractivity contribution < 1.29 is 4.74 Å². The van der Waals surface area contributed by atoms with Crippen LogP contribution in [0.3, 0.4) is 0 Å². The van der Waals surface area contributed by atoms with Crippen molar-refractivity contribution in [3.8, 4) is 0 Å². The summed E-state index contributed by atoms with van der Waals surface area (Å²) in [6.45, 7) is 7.46. The molecule has 0 aliphatic carbocycles. The number of likely N-dealkylation sites (N-methyl/N-ethyl adjacent to an activating group) is 1. The highest BCUT2D eigenvalue weighted by atomic mass is 16.5. The van der Waals surface area contributed by atoms with Crippen LogP contribution in [-0.4, -0.2) is 39.9 Å². The van der Waals surface area contributed by atoms with Crippen molar-refractivity contribution in [2.45, 2.75) is 26.2 Å². The van der Waals surface area contributed by atoms with Crippen LogP contribution in [0.5, 0.6) is 0 Å². The second-order valence-corrected chi connectivity index (χ2v) is 4.25. The fourth-order valence-corrected chi connectivity index (χ4v) is 2.03. The number of ether oxygens (including phenoxy) is 1. The van der Waals surface area contributed by atoms with Crippen LogP contribution < -0.4 is 10.6 Å². The first-order chi connectivity index (χ1) is 6.83. The molecule has 0 amide bonds. The van der Waals surface area contributed by atoms with E-state index in [4.69, 9.17) is 4.74 Å². The van der Waals surface area contributed by atoms with Crippen LogP contribution in [-0.2, 0) is 4.74 Å². The molecule has 0 saturated carbocycles. The van der Waals surface area contributed by atoms with Crippen molar-refractivity contribution in [1.29, 1.82) is 0 Å². The summed E-state index contributed by atoms with van der Waals surface area (Å²) >= 11 is 0.